The van der Waals surface area contributed by atoms with Crippen molar-refractivity contribution >= 4 is 5.97 Å². The molecule has 0 atom stereocenters. The maximum Gasteiger partial charge on any atom is 0.483 e. The molecule has 0 heterocycles. The maximum absolute atomic E-state index is 12.7. The van der Waals surface area contributed by atoms with Crippen molar-refractivity contribution < 1.29 is 76.4 Å². The van der Waals surface area contributed by atoms with Crippen molar-refractivity contribution in [1.82, 2.24) is 0 Å². The molecule has 0 unspecified atom stereocenters. The first-order valence-electron chi connectivity index (χ1n) is 5.14. The SMILES string of the molecule is CC(=O)OOC(F)(F)C(F)(F)OC(F)(F)C(F)(F)C(F)(F)C(F)(F)F. The van der Waals surface area contributed by atoms with Gasteiger partial charge < -0.3 is 0 Å². The number of carbonyl (C=O) groups is 1. The second-order valence-corrected chi connectivity index (χ2v) is 3.96. The zero-order valence-corrected chi connectivity index (χ0v) is 11.0. The molecule has 0 amide bonds. The number of halogens is 13. The van der Waals surface area contributed by atoms with E-state index in [1.807, 2.05) is 0 Å². The molecule has 0 fully saturated rings. The Morgan fingerprint density at radius 2 is 1.04 bits per heavy atom. The van der Waals surface area contributed by atoms with E-state index in [-0.39, 0.29) is 6.92 Å². The molecular formula is C8H3F13O4. The first-order chi connectivity index (χ1) is 10.6. The molecule has 0 aliphatic carbocycles. The fourth-order valence-corrected chi connectivity index (χ4v) is 0.805. The largest absolute Gasteiger partial charge is 0.483 e. The fourth-order valence-electron chi connectivity index (χ4n) is 0.805. The van der Waals surface area contributed by atoms with Crippen molar-refractivity contribution in [3.05, 3.63) is 0 Å². The minimum Gasteiger partial charge on any atom is -0.292 e. The summed E-state index contributed by atoms with van der Waals surface area (Å²) in [6.45, 7) is 0.252. The van der Waals surface area contributed by atoms with Gasteiger partial charge in [0.1, 0.15) is 0 Å². The van der Waals surface area contributed by atoms with Crippen molar-refractivity contribution in [2.75, 3.05) is 0 Å². The Morgan fingerprint density at radius 3 is 1.36 bits per heavy atom. The first kappa shape index (κ1) is 23.5. The fraction of sp³-hybridized carbons (Fsp3) is 0.875. The zero-order valence-electron chi connectivity index (χ0n) is 11.0. The van der Waals surface area contributed by atoms with E-state index in [0.29, 0.717) is 0 Å². The molecule has 0 spiro atoms. The molecule has 0 N–H and O–H groups in total. The Bertz CT molecular complexity index is 497. The molecular weight excluding hydrogens is 407 g/mol. The van der Waals surface area contributed by atoms with E-state index in [1.54, 1.807) is 0 Å². The van der Waals surface area contributed by atoms with E-state index in [4.69, 9.17) is 0 Å². The molecule has 4 nitrogen and oxygen atoms in total. The molecule has 0 bridgehead atoms. The summed E-state index contributed by atoms with van der Waals surface area (Å²) in [4.78, 5) is 15.2. The van der Waals surface area contributed by atoms with E-state index in [9.17, 15) is 61.9 Å². The lowest BCUT2D eigenvalue weighted by Crippen LogP contribution is -2.64. The monoisotopic (exact) mass is 410 g/mol. The van der Waals surface area contributed by atoms with Crippen LogP contribution in [-0.4, -0.2) is 42.3 Å². The van der Waals surface area contributed by atoms with Crippen LogP contribution in [0.2, 0.25) is 0 Å². The van der Waals surface area contributed by atoms with Gasteiger partial charge in [-0.15, -0.1) is 0 Å². The van der Waals surface area contributed by atoms with Crippen molar-refractivity contribution in [1.29, 1.82) is 0 Å². The average molecular weight is 410 g/mol. The number of carbonyl (C=O) groups excluding carboxylic acids is 1. The summed E-state index contributed by atoms with van der Waals surface area (Å²) >= 11 is 0. The van der Waals surface area contributed by atoms with Crippen LogP contribution >= 0.6 is 0 Å². The molecule has 0 saturated carbocycles. The predicted molar refractivity (Wildman–Crippen MR) is 44.7 cm³/mol. The third-order valence-corrected chi connectivity index (χ3v) is 1.97. The van der Waals surface area contributed by atoms with E-state index in [2.05, 4.69) is 9.78 Å². The van der Waals surface area contributed by atoms with Crippen LogP contribution in [0.15, 0.2) is 0 Å². The van der Waals surface area contributed by atoms with Crippen molar-refractivity contribution in [2.45, 2.75) is 43.3 Å². The summed E-state index contributed by atoms with van der Waals surface area (Å²) in [7, 11) is 0. The van der Waals surface area contributed by atoms with Crippen LogP contribution in [0.25, 0.3) is 0 Å². The van der Waals surface area contributed by atoms with E-state index in [0.717, 1.165) is 0 Å². The quantitative estimate of drug-likeness (QED) is 0.360. The second-order valence-electron chi connectivity index (χ2n) is 3.96. The van der Waals surface area contributed by atoms with Crippen LogP contribution in [0.1, 0.15) is 6.92 Å². The Morgan fingerprint density at radius 1 is 0.640 bits per heavy atom. The van der Waals surface area contributed by atoms with Gasteiger partial charge in [-0.1, -0.05) is 4.89 Å². The summed E-state index contributed by atoms with van der Waals surface area (Å²) in [6.07, 6.45) is -28.3. The highest BCUT2D eigenvalue weighted by molar-refractivity contribution is 5.65. The van der Waals surface area contributed by atoms with Crippen LogP contribution in [0.3, 0.4) is 0 Å². The first-order valence-corrected chi connectivity index (χ1v) is 5.14. The van der Waals surface area contributed by atoms with E-state index in [1.165, 1.54) is 4.74 Å². The summed E-state index contributed by atoms with van der Waals surface area (Å²) < 4.78 is 163. The van der Waals surface area contributed by atoms with Gasteiger partial charge in [0.2, 0.25) is 0 Å². The normalized spacial score (nSPS) is 15.3. The number of ether oxygens (including phenoxy) is 1. The van der Waals surface area contributed by atoms with E-state index >= 15 is 0 Å². The van der Waals surface area contributed by atoms with Crippen molar-refractivity contribution in [3.8, 4) is 0 Å². The van der Waals surface area contributed by atoms with Gasteiger partial charge in [0, 0.05) is 6.92 Å². The predicted octanol–water partition coefficient (Wildman–Crippen LogP) is 4.11. The van der Waals surface area contributed by atoms with Crippen LogP contribution in [0.4, 0.5) is 57.1 Å². The number of alkyl halides is 13. The Kier molecular flexibility index (Phi) is 5.94. The molecule has 0 aromatic carbocycles. The van der Waals surface area contributed by atoms with Gasteiger partial charge in [-0.2, -0.15) is 57.1 Å². The molecule has 0 aliphatic rings. The Labute approximate surface area is 127 Å². The summed E-state index contributed by atoms with van der Waals surface area (Å²) in [5, 5.41) is 0. The van der Waals surface area contributed by atoms with Crippen LogP contribution in [0.5, 0.6) is 0 Å². The molecule has 0 aromatic rings. The van der Waals surface area contributed by atoms with Gasteiger partial charge in [-0.25, -0.2) is 9.53 Å². The van der Waals surface area contributed by atoms with Crippen LogP contribution in [-0.2, 0) is 19.3 Å². The van der Waals surface area contributed by atoms with Gasteiger partial charge in [0.15, 0.2) is 0 Å². The molecule has 17 heteroatoms. The number of rotatable bonds is 7. The lowest BCUT2D eigenvalue weighted by molar-refractivity contribution is -0.556. The minimum absolute atomic E-state index is 0.252. The molecule has 25 heavy (non-hydrogen) atoms. The van der Waals surface area contributed by atoms with Gasteiger partial charge in [0.25, 0.3) is 0 Å². The Hall–Kier alpha value is -1.52. The molecule has 150 valence electrons. The van der Waals surface area contributed by atoms with E-state index < -0.39 is 42.3 Å². The van der Waals surface area contributed by atoms with Crippen molar-refractivity contribution in [2.24, 2.45) is 0 Å². The minimum atomic E-state index is -7.75. The Balaban J connectivity index is 5.70. The smallest absolute Gasteiger partial charge is 0.292 e. The second kappa shape index (κ2) is 6.33. The van der Waals surface area contributed by atoms with Crippen LogP contribution < -0.4 is 0 Å². The van der Waals surface area contributed by atoms with Crippen molar-refractivity contribution in [3.63, 3.8) is 0 Å². The molecule has 0 aromatic heterocycles. The summed E-state index contributed by atoms with van der Waals surface area (Å²) in [5.74, 6) is -17.3. The van der Waals surface area contributed by atoms with Gasteiger partial charge in [0.05, 0.1) is 0 Å². The lowest BCUT2D eigenvalue weighted by atomic mass is 10.1. The third-order valence-electron chi connectivity index (χ3n) is 1.97. The summed E-state index contributed by atoms with van der Waals surface area (Å²) in [6, 6.07) is 0. The van der Waals surface area contributed by atoms with Gasteiger partial charge in [-0.05, 0) is 0 Å². The van der Waals surface area contributed by atoms with Gasteiger partial charge >= 0.3 is 42.3 Å². The highest BCUT2D eigenvalue weighted by Crippen LogP contribution is 2.55. The molecule has 0 radical (unpaired) electrons. The number of hydrogen-bond acceptors (Lipinski definition) is 4. The highest BCUT2D eigenvalue weighted by atomic mass is 19.4. The average Bonchev–Trinajstić information content (AvgIpc) is 2.33. The summed E-state index contributed by atoms with van der Waals surface area (Å²) in [5.41, 5.74) is 0. The molecule has 0 rings (SSSR count). The molecule has 0 aliphatic heterocycles. The van der Waals surface area contributed by atoms with Gasteiger partial charge in [-0.3, -0.25) is 4.89 Å². The lowest BCUT2D eigenvalue weighted by Gasteiger charge is -2.35. The highest BCUT2D eigenvalue weighted by Gasteiger charge is 2.85. The third kappa shape index (κ3) is 4.36. The zero-order chi connectivity index (χ0) is 20.7. The maximum atomic E-state index is 12.7. The molecule has 0 saturated heterocycles. The topological polar surface area (TPSA) is 44.8 Å². The standard InChI is InChI=1S/C8H3F13O4/c1-2(22)23-25-8(20,21)7(18,19)24-6(16,17)4(11,12)3(9,10)5(13,14)15/h1H3. The number of hydrogen-bond donors (Lipinski definition) is 0. The van der Waals surface area contributed by atoms with Crippen LogP contribution in [0, 0.1) is 0 Å².